The van der Waals surface area contributed by atoms with E-state index in [-0.39, 0.29) is 5.56 Å². The molecular weight excluding hydrogens is 479 g/mol. The molecule has 0 amide bonds. The van der Waals surface area contributed by atoms with E-state index in [1.165, 1.54) is 21.7 Å². The van der Waals surface area contributed by atoms with E-state index in [4.69, 9.17) is 0 Å². The maximum Gasteiger partial charge on any atom is 0.271 e. The molecular formula is C27H28N3OS3+. The third-order valence-corrected chi connectivity index (χ3v) is 9.42. The van der Waals surface area contributed by atoms with Crippen molar-refractivity contribution in [3.05, 3.63) is 95.8 Å². The van der Waals surface area contributed by atoms with Crippen LogP contribution < -0.4 is 24.2 Å². The minimum absolute atomic E-state index is 0.0937. The van der Waals surface area contributed by atoms with Gasteiger partial charge in [-0.15, -0.1) is 11.3 Å². The van der Waals surface area contributed by atoms with Crippen molar-refractivity contribution in [1.82, 2.24) is 4.57 Å². The van der Waals surface area contributed by atoms with Crippen molar-refractivity contribution in [2.75, 3.05) is 11.9 Å². The van der Waals surface area contributed by atoms with Crippen LogP contribution in [0.4, 0.5) is 5.69 Å². The summed E-state index contributed by atoms with van der Waals surface area (Å²) in [5, 5.41) is 4.27. The molecule has 2 aromatic heterocycles. The molecule has 0 N–H and O–H groups in total. The van der Waals surface area contributed by atoms with Crippen molar-refractivity contribution in [1.29, 1.82) is 0 Å². The van der Waals surface area contributed by atoms with Crippen LogP contribution in [0.15, 0.2) is 69.8 Å². The van der Waals surface area contributed by atoms with Crippen LogP contribution in [0.25, 0.3) is 11.1 Å². The van der Waals surface area contributed by atoms with E-state index < -0.39 is 0 Å². The molecule has 0 radical (unpaired) electrons. The Kier molecular flexibility index (Phi) is 6.51. The van der Waals surface area contributed by atoms with Crippen LogP contribution in [-0.4, -0.2) is 11.6 Å². The second-order valence-corrected chi connectivity index (χ2v) is 11.7. The van der Waals surface area contributed by atoms with Crippen molar-refractivity contribution in [2.24, 2.45) is 0 Å². The third-order valence-electron chi connectivity index (χ3n) is 6.10. The Balaban J connectivity index is 1.59. The molecule has 0 saturated heterocycles. The fourth-order valence-corrected chi connectivity index (χ4v) is 7.51. The minimum atomic E-state index is 0.0937. The number of thiazole rings is 2. The molecule has 7 heteroatoms. The number of nitrogens with zero attached hydrogens (tertiary/aromatic N) is 3. The summed E-state index contributed by atoms with van der Waals surface area (Å²) < 4.78 is 5.95. The van der Waals surface area contributed by atoms with Gasteiger partial charge in [-0.25, -0.2) is 0 Å². The first-order valence-corrected chi connectivity index (χ1v) is 14.0. The van der Waals surface area contributed by atoms with Gasteiger partial charge in [0.25, 0.3) is 10.6 Å². The summed E-state index contributed by atoms with van der Waals surface area (Å²) in [6, 6.07) is 17.1. The van der Waals surface area contributed by atoms with Gasteiger partial charge in [-0.05, 0) is 30.5 Å². The van der Waals surface area contributed by atoms with Crippen LogP contribution in [0, 0.1) is 0 Å². The van der Waals surface area contributed by atoms with E-state index in [2.05, 4.69) is 90.5 Å². The van der Waals surface area contributed by atoms with Crippen molar-refractivity contribution in [3.8, 4) is 0 Å². The lowest BCUT2D eigenvalue weighted by molar-refractivity contribution is -0.685. The zero-order valence-corrected chi connectivity index (χ0v) is 22.3. The zero-order chi connectivity index (χ0) is 23.8. The fraction of sp³-hybridized carbons (Fsp3) is 0.259. The summed E-state index contributed by atoms with van der Waals surface area (Å²) in [6.07, 6.45) is 4.28. The number of hydrogen-bond donors (Lipinski definition) is 0. The number of benzene rings is 2. The number of fused-ring (bicyclic) bond motifs is 1. The standard InChI is InChI=1S/C27H28N3OS3/c1-5-30-24(16-23-29(13-14-32-23)17-19-9-7-6-8-10-19)34-25(26(30)31)27-28(4)21-12-11-20(18(2)3)15-22(21)33-27/h6-16,18H,5,17H2,1-4H3/q+1/b27-25+. The van der Waals surface area contributed by atoms with Gasteiger partial charge in [-0.2, -0.15) is 4.57 Å². The SMILES string of the molecule is CCn1c(=O)/c(=C2\Sc3cc(C(C)C)ccc3N2C)s/c1=C\c1scc[n+]1Cc1ccccc1. The maximum atomic E-state index is 13.5. The summed E-state index contributed by atoms with van der Waals surface area (Å²) in [5.41, 5.74) is 3.85. The van der Waals surface area contributed by atoms with Crippen LogP contribution in [0.5, 0.6) is 0 Å². The molecule has 0 atom stereocenters. The van der Waals surface area contributed by atoms with Crippen LogP contribution in [0.1, 0.15) is 42.8 Å². The number of rotatable bonds is 5. The van der Waals surface area contributed by atoms with E-state index >= 15 is 0 Å². The topological polar surface area (TPSA) is 29.1 Å². The average Bonchev–Trinajstić information content (AvgIpc) is 3.50. The molecule has 0 unspecified atom stereocenters. The van der Waals surface area contributed by atoms with Gasteiger partial charge < -0.3 is 4.90 Å². The molecule has 0 saturated carbocycles. The molecule has 1 aliphatic heterocycles. The molecule has 0 spiro atoms. The molecule has 0 aliphatic carbocycles. The maximum absolute atomic E-state index is 13.5. The second-order valence-electron chi connectivity index (χ2n) is 8.67. The van der Waals surface area contributed by atoms with E-state index in [9.17, 15) is 4.79 Å². The first kappa shape index (κ1) is 23.1. The molecule has 0 bridgehead atoms. The number of anilines is 1. The van der Waals surface area contributed by atoms with E-state index in [0.717, 1.165) is 25.8 Å². The lowest BCUT2D eigenvalue weighted by atomic mass is 10.0. The normalized spacial score (nSPS) is 15.4. The largest absolute Gasteiger partial charge is 0.337 e. The molecule has 4 aromatic rings. The van der Waals surface area contributed by atoms with E-state index in [1.807, 2.05) is 17.6 Å². The summed E-state index contributed by atoms with van der Waals surface area (Å²) >= 11 is 5.01. The summed E-state index contributed by atoms with van der Waals surface area (Å²) in [7, 11) is 2.06. The van der Waals surface area contributed by atoms with Gasteiger partial charge in [-0.3, -0.25) is 9.36 Å². The number of aromatic nitrogens is 2. The zero-order valence-electron chi connectivity index (χ0n) is 19.8. The highest BCUT2D eigenvalue weighted by Crippen LogP contribution is 2.46. The molecule has 174 valence electrons. The first-order valence-electron chi connectivity index (χ1n) is 11.5. The predicted octanol–water partition coefficient (Wildman–Crippen LogP) is 4.59. The summed E-state index contributed by atoms with van der Waals surface area (Å²) in [6.45, 7) is 7.93. The van der Waals surface area contributed by atoms with Gasteiger partial charge in [0.05, 0.1) is 17.1 Å². The van der Waals surface area contributed by atoms with Crippen molar-refractivity contribution < 1.29 is 4.57 Å². The van der Waals surface area contributed by atoms with E-state index in [1.54, 1.807) is 34.4 Å². The summed E-state index contributed by atoms with van der Waals surface area (Å²) in [4.78, 5) is 16.9. The van der Waals surface area contributed by atoms with Crippen LogP contribution in [0.3, 0.4) is 0 Å². The number of thioether (sulfide) groups is 1. The Hall–Kier alpha value is -2.61. The van der Waals surface area contributed by atoms with Crippen LogP contribution in [-0.2, 0) is 13.1 Å². The van der Waals surface area contributed by atoms with Gasteiger partial charge >= 0.3 is 0 Å². The van der Waals surface area contributed by atoms with Gasteiger partial charge in [0.2, 0.25) is 0 Å². The Morgan fingerprint density at radius 1 is 1.12 bits per heavy atom. The molecule has 34 heavy (non-hydrogen) atoms. The van der Waals surface area contributed by atoms with Crippen molar-refractivity contribution in [2.45, 2.75) is 44.7 Å². The lowest BCUT2D eigenvalue weighted by Gasteiger charge is -2.13. The van der Waals surface area contributed by atoms with E-state index in [0.29, 0.717) is 12.5 Å². The molecule has 1 aliphatic rings. The summed E-state index contributed by atoms with van der Waals surface area (Å²) in [5.74, 6) is 0.480. The smallest absolute Gasteiger partial charge is 0.271 e. The Labute approximate surface area is 212 Å². The lowest BCUT2D eigenvalue weighted by Crippen LogP contribution is -2.36. The predicted molar refractivity (Wildman–Crippen MR) is 145 cm³/mol. The average molecular weight is 507 g/mol. The molecule has 0 fully saturated rings. The highest BCUT2D eigenvalue weighted by atomic mass is 32.2. The van der Waals surface area contributed by atoms with Crippen molar-refractivity contribution in [3.63, 3.8) is 0 Å². The molecule has 3 heterocycles. The third kappa shape index (κ3) is 4.28. The Morgan fingerprint density at radius 3 is 2.65 bits per heavy atom. The minimum Gasteiger partial charge on any atom is -0.337 e. The monoisotopic (exact) mass is 506 g/mol. The quantitative estimate of drug-likeness (QED) is 0.371. The fourth-order valence-electron chi connectivity index (χ4n) is 4.15. The first-order chi connectivity index (χ1) is 16.5. The molecule has 2 aromatic carbocycles. The van der Waals surface area contributed by atoms with Gasteiger partial charge in [0.1, 0.15) is 14.2 Å². The molecule has 5 rings (SSSR count). The highest BCUT2D eigenvalue weighted by molar-refractivity contribution is 8.08. The second kappa shape index (κ2) is 9.56. The van der Waals surface area contributed by atoms with Crippen LogP contribution >= 0.6 is 34.4 Å². The Morgan fingerprint density at radius 2 is 1.91 bits per heavy atom. The van der Waals surface area contributed by atoms with Gasteiger partial charge in [0, 0.05) is 24.1 Å². The van der Waals surface area contributed by atoms with Crippen molar-refractivity contribution >= 4 is 51.2 Å². The van der Waals surface area contributed by atoms with Crippen LogP contribution in [0.2, 0.25) is 0 Å². The number of hydrogen-bond acceptors (Lipinski definition) is 5. The Bertz CT molecular complexity index is 1510. The molecule has 4 nitrogen and oxygen atoms in total. The highest BCUT2D eigenvalue weighted by Gasteiger charge is 2.25. The van der Waals surface area contributed by atoms with Gasteiger partial charge in [0.15, 0.2) is 12.7 Å². The van der Waals surface area contributed by atoms with Gasteiger partial charge in [-0.1, -0.05) is 73.3 Å².